The van der Waals surface area contributed by atoms with E-state index in [0.717, 1.165) is 18.2 Å². The van der Waals surface area contributed by atoms with E-state index in [1.807, 2.05) is 0 Å². The number of halogens is 3. The molecule has 0 aromatic heterocycles. The Morgan fingerprint density at radius 1 is 1.04 bits per heavy atom. The summed E-state index contributed by atoms with van der Waals surface area (Å²) in [5.41, 5.74) is -0.383. The van der Waals surface area contributed by atoms with Gasteiger partial charge in [-0.15, -0.1) is 0 Å². The van der Waals surface area contributed by atoms with Crippen LogP contribution in [0.4, 0.5) is 13.2 Å². The van der Waals surface area contributed by atoms with Gasteiger partial charge in [0.15, 0.2) is 11.5 Å². The largest absolute Gasteiger partial charge is 0.493 e. The summed E-state index contributed by atoms with van der Waals surface area (Å²) in [6.07, 6.45) is -4.67. The Balaban J connectivity index is 2.27. The Labute approximate surface area is 161 Å². The van der Waals surface area contributed by atoms with E-state index in [1.165, 1.54) is 19.2 Å². The summed E-state index contributed by atoms with van der Waals surface area (Å²) in [6, 6.07) is 8.03. The second-order valence-corrected chi connectivity index (χ2v) is 7.26. The summed E-state index contributed by atoms with van der Waals surface area (Å²) in [6.45, 7) is 1.50. The smallest absolute Gasteiger partial charge is 0.416 e. The van der Waals surface area contributed by atoms with Crippen molar-refractivity contribution >= 4 is 10.1 Å². The Hall–Kier alpha value is -2.30. The van der Waals surface area contributed by atoms with Gasteiger partial charge in [0, 0.05) is 20.2 Å². The first kappa shape index (κ1) is 22.0. The highest BCUT2D eigenvalue weighted by Crippen LogP contribution is 2.33. The summed E-state index contributed by atoms with van der Waals surface area (Å²) >= 11 is 0. The lowest BCUT2D eigenvalue weighted by Crippen LogP contribution is -2.18. The van der Waals surface area contributed by atoms with Gasteiger partial charge in [0.2, 0.25) is 0 Å². The van der Waals surface area contributed by atoms with Crippen molar-refractivity contribution in [2.45, 2.75) is 17.6 Å². The van der Waals surface area contributed by atoms with E-state index in [2.05, 4.69) is 5.32 Å². The predicted molar refractivity (Wildman–Crippen MR) is 95.8 cm³/mol. The van der Waals surface area contributed by atoms with E-state index in [9.17, 15) is 21.6 Å². The van der Waals surface area contributed by atoms with Gasteiger partial charge in [0.05, 0.1) is 19.3 Å². The van der Waals surface area contributed by atoms with E-state index in [0.29, 0.717) is 31.3 Å². The molecule has 0 saturated heterocycles. The molecule has 0 unspecified atom stereocenters. The highest BCUT2D eigenvalue weighted by molar-refractivity contribution is 7.87. The second kappa shape index (κ2) is 9.26. The van der Waals surface area contributed by atoms with Crippen molar-refractivity contribution in [3.05, 3.63) is 53.6 Å². The zero-order valence-electron chi connectivity index (χ0n) is 15.2. The monoisotopic (exact) mass is 419 g/mol. The van der Waals surface area contributed by atoms with Crippen LogP contribution in [0.5, 0.6) is 11.5 Å². The van der Waals surface area contributed by atoms with Crippen molar-refractivity contribution < 1.29 is 35.2 Å². The van der Waals surface area contributed by atoms with Gasteiger partial charge in [-0.3, -0.25) is 0 Å². The molecule has 1 N–H and O–H groups in total. The first-order valence-electron chi connectivity index (χ1n) is 8.15. The van der Waals surface area contributed by atoms with E-state index < -0.39 is 26.8 Å². The highest BCUT2D eigenvalue weighted by Gasteiger charge is 2.32. The summed E-state index contributed by atoms with van der Waals surface area (Å²) in [4.78, 5) is -0.604. The van der Waals surface area contributed by atoms with Crippen LogP contribution in [0.1, 0.15) is 11.1 Å². The normalized spacial score (nSPS) is 12.0. The Bertz CT molecular complexity index is 900. The van der Waals surface area contributed by atoms with E-state index in [1.54, 1.807) is 13.2 Å². The van der Waals surface area contributed by atoms with E-state index in [-0.39, 0.29) is 11.5 Å². The molecule has 0 atom stereocenters. The molecule has 10 heteroatoms. The number of nitrogens with one attached hydrogen (secondary N) is 1. The van der Waals surface area contributed by atoms with Crippen molar-refractivity contribution in [3.63, 3.8) is 0 Å². The van der Waals surface area contributed by atoms with Crippen molar-refractivity contribution in [2.24, 2.45) is 0 Å². The maximum Gasteiger partial charge on any atom is 0.416 e. The van der Waals surface area contributed by atoms with Gasteiger partial charge >= 0.3 is 16.3 Å². The zero-order chi connectivity index (χ0) is 20.8. The first-order chi connectivity index (χ1) is 13.2. The number of benzene rings is 2. The molecule has 0 aliphatic rings. The average molecular weight is 419 g/mol. The topological polar surface area (TPSA) is 73.9 Å². The van der Waals surface area contributed by atoms with Crippen LogP contribution >= 0.6 is 0 Å². The number of ether oxygens (including phenoxy) is 2. The van der Waals surface area contributed by atoms with Gasteiger partial charge in [-0.05, 0) is 35.9 Å². The van der Waals surface area contributed by atoms with Crippen LogP contribution in [-0.2, 0) is 27.6 Å². The molecule has 0 heterocycles. The van der Waals surface area contributed by atoms with Crippen LogP contribution in [0, 0.1) is 0 Å². The summed E-state index contributed by atoms with van der Waals surface area (Å²) < 4.78 is 78.6. The van der Waals surface area contributed by atoms with Crippen LogP contribution in [0.3, 0.4) is 0 Å². The number of methoxy groups -OCH3 is 2. The molecule has 0 radical (unpaired) electrons. The van der Waals surface area contributed by atoms with Gasteiger partial charge < -0.3 is 19.0 Å². The molecule has 2 aromatic carbocycles. The quantitative estimate of drug-likeness (QED) is 0.497. The molecule has 0 fully saturated rings. The molecule has 28 heavy (non-hydrogen) atoms. The minimum Gasteiger partial charge on any atom is -0.493 e. The van der Waals surface area contributed by atoms with Gasteiger partial charge in [-0.25, -0.2) is 0 Å². The Morgan fingerprint density at radius 2 is 1.79 bits per heavy atom. The lowest BCUT2D eigenvalue weighted by molar-refractivity contribution is -0.137. The van der Waals surface area contributed by atoms with Crippen molar-refractivity contribution in [1.82, 2.24) is 5.32 Å². The fraction of sp³-hybridized carbons (Fsp3) is 0.333. The third kappa shape index (κ3) is 5.85. The van der Waals surface area contributed by atoms with Crippen LogP contribution in [0.25, 0.3) is 0 Å². The summed E-state index contributed by atoms with van der Waals surface area (Å²) in [7, 11) is -1.60. The molecular weight excluding hydrogens is 399 g/mol. The zero-order valence-corrected chi connectivity index (χ0v) is 16.1. The number of hydrogen-bond donors (Lipinski definition) is 1. The van der Waals surface area contributed by atoms with E-state index in [4.69, 9.17) is 13.7 Å². The van der Waals surface area contributed by atoms with Gasteiger partial charge in [-0.1, -0.05) is 12.1 Å². The molecule has 0 saturated carbocycles. The minimum atomic E-state index is -4.67. The summed E-state index contributed by atoms with van der Waals surface area (Å²) in [5.74, 6) is 0.0159. The maximum absolute atomic E-state index is 12.9. The number of rotatable bonds is 9. The minimum absolute atomic E-state index is 0.119. The predicted octanol–water partition coefficient (Wildman–Crippen LogP) is 3.22. The Morgan fingerprint density at radius 3 is 2.43 bits per heavy atom. The van der Waals surface area contributed by atoms with Crippen LogP contribution in [0.2, 0.25) is 0 Å². The van der Waals surface area contributed by atoms with Crippen molar-refractivity contribution in [3.8, 4) is 11.5 Å². The fourth-order valence-electron chi connectivity index (χ4n) is 2.30. The molecule has 0 bridgehead atoms. The molecular formula is C18H20F3NO5S. The lowest BCUT2D eigenvalue weighted by atomic mass is 10.2. The molecule has 2 rings (SSSR count). The number of alkyl halides is 3. The fourth-order valence-corrected chi connectivity index (χ4v) is 3.28. The van der Waals surface area contributed by atoms with Gasteiger partial charge in [-0.2, -0.15) is 21.6 Å². The number of hydrogen-bond acceptors (Lipinski definition) is 6. The molecule has 0 aliphatic carbocycles. The molecule has 0 spiro atoms. The third-order valence-electron chi connectivity index (χ3n) is 3.69. The second-order valence-electron chi connectivity index (χ2n) is 5.72. The highest BCUT2D eigenvalue weighted by atomic mass is 32.2. The SMILES string of the molecule is COCCNCc1ccc(OC)c(OS(=O)(=O)c2cccc(C(F)(F)F)c2)c1. The third-order valence-corrected chi connectivity index (χ3v) is 4.92. The van der Waals surface area contributed by atoms with Crippen LogP contribution in [-0.4, -0.2) is 35.8 Å². The van der Waals surface area contributed by atoms with Crippen LogP contribution in [0.15, 0.2) is 47.4 Å². The van der Waals surface area contributed by atoms with Crippen LogP contribution < -0.4 is 14.2 Å². The van der Waals surface area contributed by atoms with Gasteiger partial charge in [0.1, 0.15) is 4.90 Å². The van der Waals surface area contributed by atoms with Crippen molar-refractivity contribution in [1.29, 1.82) is 0 Å². The maximum atomic E-state index is 12.9. The molecule has 0 amide bonds. The lowest BCUT2D eigenvalue weighted by Gasteiger charge is -2.14. The standard InChI is InChI=1S/C18H20F3NO5S/c1-25-9-8-22-12-13-6-7-16(26-2)17(10-13)27-28(23,24)15-5-3-4-14(11-15)18(19,20)21/h3-7,10-11,22H,8-9,12H2,1-2H3. The van der Waals surface area contributed by atoms with E-state index >= 15 is 0 Å². The average Bonchev–Trinajstić information content (AvgIpc) is 2.64. The summed E-state index contributed by atoms with van der Waals surface area (Å²) in [5, 5.41) is 3.09. The molecule has 154 valence electrons. The molecule has 2 aromatic rings. The van der Waals surface area contributed by atoms with Gasteiger partial charge in [0.25, 0.3) is 0 Å². The first-order valence-corrected chi connectivity index (χ1v) is 9.56. The Kier molecular flexibility index (Phi) is 7.28. The molecule has 6 nitrogen and oxygen atoms in total. The van der Waals surface area contributed by atoms with Crippen molar-refractivity contribution in [2.75, 3.05) is 27.4 Å². The molecule has 0 aliphatic heterocycles.